The fourth-order valence-electron chi connectivity index (χ4n) is 2.47. The van der Waals surface area contributed by atoms with E-state index in [1.807, 2.05) is 12.1 Å². The second kappa shape index (κ2) is 6.24. The van der Waals surface area contributed by atoms with Gasteiger partial charge in [-0.3, -0.25) is 0 Å². The molecule has 0 spiro atoms. The minimum atomic E-state index is 0.413. The lowest BCUT2D eigenvalue weighted by atomic mass is 10.1. The first-order valence-electron chi connectivity index (χ1n) is 6.81. The number of anilines is 1. The van der Waals surface area contributed by atoms with Crippen LogP contribution in [0, 0.1) is 0 Å². The molecular formula is C14H17ClN4O. The van der Waals surface area contributed by atoms with Crippen LogP contribution in [0.4, 0.5) is 5.95 Å². The van der Waals surface area contributed by atoms with Crippen LogP contribution in [0.2, 0.25) is 5.22 Å². The second-order valence-electron chi connectivity index (χ2n) is 4.92. The highest BCUT2D eigenvalue weighted by molar-refractivity contribution is 6.28. The van der Waals surface area contributed by atoms with E-state index in [9.17, 15) is 0 Å². The first-order chi connectivity index (χ1) is 9.81. The summed E-state index contributed by atoms with van der Waals surface area (Å²) in [5.74, 6) is 1.67. The van der Waals surface area contributed by atoms with E-state index in [0.717, 1.165) is 37.6 Å². The summed E-state index contributed by atoms with van der Waals surface area (Å²) in [6, 6.07) is 5.92. The second-order valence-corrected chi connectivity index (χ2v) is 5.29. The first kappa shape index (κ1) is 13.4. The van der Waals surface area contributed by atoms with Gasteiger partial charge < -0.3 is 14.6 Å². The molecule has 0 amide bonds. The van der Waals surface area contributed by atoms with Gasteiger partial charge in [-0.1, -0.05) is 0 Å². The van der Waals surface area contributed by atoms with Crippen LogP contribution >= 0.6 is 11.6 Å². The van der Waals surface area contributed by atoms with Gasteiger partial charge >= 0.3 is 0 Å². The zero-order valence-electron chi connectivity index (χ0n) is 11.1. The number of nitrogens with one attached hydrogen (secondary N) is 1. The Balaban J connectivity index is 1.55. The van der Waals surface area contributed by atoms with Crippen molar-refractivity contribution in [1.29, 1.82) is 0 Å². The van der Waals surface area contributed by atoms with E-state index in [1.165, 1.54) is 0 Å². The lowest BCUT2D eigenvalue weighted by molar-refractivity contribution is 0.393. The van der Waals surface area contributed by atoms with Crippen LogP contribution < -0.4 is 10.2 Å². The van der Waals surface area contributed by atoms with Gasteiger partial charge in [0.2, 0.25) is 5.95 Å². The van der Waals surface area contributed by atoms with Gasteiger partial charge in [0.1, 0.15) is 5.76 Å². The summed E-state index contributed by atoms with van der Waals surface area (Å²) in [5, 5.41) is 3.94. The first-order valence-corrected chi connectivity index (χ1v) is 7.18. The molecular weight excluding hydrogens is 276 g/mol. The average molecular weight is 293 g/mol. The summed E-state index contributed by atoms with van der Waals surface area (Å²) >= 11 is 5.77. The lowest BCUT2D eigenvalue weighted by Crippen LogP contribution is -2.46. The smallest absolute Gasteiger partial charge is 0.225 e. The molecule has 20 heavy (non-hydrogen) atoms. The molecule has 1 atom stereocenters. The summed E-state index contributed by atoms with van der Waals surface area (Å²) in [7, 11) is 0. The van der Waals surface area contributed by atoms with E-state index in [1.54, 1.807) is 18.5 Å². The van der Waals surface area contributed by atoms with Crippen molar-refractivity contribution < 1.29 is 4.42 Å². The van der Waals surface area contributed by atoms with Crippen LogP contribution in [0.15, 0.2) is 35.0 Å². The van der Waals surface area contributed by atoms with Crippen molar-refractivity contribution >= 4 is 17.5 Å². The lowest BCUT2D eigenvalue weighted by Gasteiger charge is -2.33. The molecule has 3 rings (SSSR count). The largest absolute Gasteiger partial charge is 0.448 e. The van der Waals surface area contributed by atoms with Crippen LogP contribution in [0.1, 0.15) is 18.6 Å². The zero-order valence-corrected chi connectivity index (χ0v) is 11.9. The fraction of sp³-hybridized carbons (Fsp3) is 0.429. The summed E-state index contributed by atoms with van der Waals surface area (Å²) in [6.07, 6.45) is 5.85. The third-order valence-corrected chi connectivity index (χ3v) is 3.65. The molecule has 1 saturated heterocycles. The predicted octanol–water partition coefficient (Wildman–Crippen LogP) is 2.48. The van der Waals surface area contributed by atoms with Crippen LogP contribution in [0.5, 0.6) is 0 Å². The number of halogens is 1. The maximum atomic E-state index is 5.77. The van der Waals surface area contributed by atoms with Crippen molar-refractivity contribution in [1.82, 2.24) is 15.3 Å². The molecule has 0 aromatic carbocycles. The summed E-state index contributed by atoms with van der Waals surface area (Å²) < 4.78 is 5.35. The normalized spacial score (nSPS) is 19.2. The number of aromatic nitrogens is 2. The van der Waals surface area contributed by atoms with Crippen molar-refractivity contribution in [2.75, 3.05) is 18.0 Å². The van der Waals surface area contributed by atoms with Gasteiger partial charge in [0, 0.05) is 31.5 Å². The Kier molecular flexibility index (Phi) is 4.18. The third-order valence-electron chi connectivity index (χ3n) is 3.45. The molecule has 6 heteroatoms. The van der Waals surface area contributed by atoms with E-state index in [4.69, 9.17) is 16.0 Å². The fourth-order valence-corrected chi connectivity index (χ4v) is 2.63. The molecule has 5 nitrogen and oxygen atoms in total. The van der Waals surface area contributed by atoms with E-state index in [0.29, 0.717) is 17.8 Å². The molecule has 3 heterocycles. The van der Waals surface area contributed by atoms with Crippen molar-refractivity contribution in [3.8, 4) is 0 Å². The molecule has 1 unspecified atom stereocenters. The van der Waals surface area contributed by atoms with Crippen LogP contribution in [-0.2, 0) is 6.54 Å². The number of nitrogens with zero attached hydrogens (tertiary/aromatic N) is 3. The van der Waals surface area contributed by atoms with Gasteiger partial charge in [-0.2, -0.15) is 0 Å². The maximum Gasteiger partial charge on any atom is 0.225 e. The number of rotatable bonds is 4. The van der Waals surface area contributed by atoms with Gasteiger partial charge in [-0.15, -0.1) is 0 Å². The van der Waals surface area contributed by atoms with E-state index in [-0.39, 0.29) is 0 Å². The Bertz CT molecular complexity index is 545. The molecule has 0 aliphatic carbocycles. The summed E-state index contributed by atoms with van der Waals surface area (Å²) in [6.45, 7) is 2.62. The maximum absolute atomic E-state index is 5.77. The van der Waals surface area contributed by atoms with Crippen molar-refractivity contribution in [2.24, 2.45) is 0 Å². The average Bonchev–Trinajstić information content (AvgIpc) is 2.92. The van der Waals surface area contributed by atoms with Crippen molar-refractivity contribution in [3.63, 3.8) is 0 Å². The molecule has 1 N–H and O–H groups in total. The van der Waals surface area contributed by atoms with E-state index in [2.05, 4.69) is 20.2 Å². The molecule has 2 aromatic rings. The minimum Gasteiger partial charge on any atom is -0.448 e. The highest BCUT2D eigenvalue weighted by Crippen LogP contribution is 2.17. The quantitative estimate of drug-likeness (QED) is 0.938. The Morgan fingerprint density at radius 1 is 1.35 bits per heavy atom. The van der Waals surface area contributed by atoms with Crippen LogP contribution in [-0.4, -0.2) is 29.1 Å². The predicted molar refractivity (Wildman–Crippen MR) is 77.8 cm³/mol. The van der Waals surface area contributed by atoms with Gasteiger partial charge in [-0.25, -0.2) is 9.97 Å². The molecule has 106 valence electrons. The molecule has 0 radical (unpaired) electrons. The Morgan fingerprint density at radius 3 is 2.95 bits per heavy atom. The number of furan rings is 1. The number of hydrogen-bond acceptors (Lipinski definition) is 5. The number of piperidine rings is 1. The molecule has 1 fully saturated rings. The molecule has 1 aliphatic rings. The van der Waals surface area contributed by atoms with Crippen molar-refractivity contribution in [3.05, 3.63) is 41.6 Å². The van der Waals surface area contributed by atoms with Crippen molar-refractivity contribution in [2.45, 2.75) is 25.4 Å². The number of hydrogen-bond donors (Lipinski definition) is 1. The third kappa shape index (κ3) is 3.29. The van der Waals surface area contributed by atoms with Crippen LogP contribution in [0.25, 0.3) is 0 Å². The highest BCUT2D eigenvalue weighted by Gasteiger charge is 2.21. The Morgan fingerprint density at radius 2 is 2.20 bits per heavy atom. The topological polar surface area (TPSA) is 54.2 Å². The SMILES string of the molecule is Clc1ccc(CNC2CCCN(c3ncccn3)C2)o1. The molecule has 1 aliphatic heterocycles. The van der Waals surface area contributed by atoms with Gasteiger partial charge in [-0.05, 0) is 42.6 Å². The molecule has 0 bridgehead atoms. The van der Waals surface area contributed by atoms with E-state index >= 15 is 0 Å². The Hall–Kier alpha value is -1.59. The zero-order chi connectivity index (χ0) is 13.8. The monoisotopic (exact) mass is 292 g/mol. The molecule has 2 aromatic heterocycles. The Labute approximate surface area is 123 Å². The van der Waals surface area contributed by atoms with Gasteiger partial charge in [0.05, 0.1) is 6.54 Å². The standard InChI is InChI=1S/C14H17ClN4O/c15-13-5-4-12(20-13)9-18-11-3-1-8-19(10-11)14-16-6-2-7-17-14/h2,4-7,11,18H,1,3,8-10H2. The van der Waals surface area contributed by atoms with Crippen LogP contribution in [0.3, 0.4) is 0 Å². The van der Waals surface area contributed by atoms with E-state index < -0.39 is 0 Å². The summed E-state index contributed by atoms with van der Waals surface area (Å²) in [4.78, 5) is 10.8. The van der Waals surface area contributed by atoms with Gasteiger partial charge in [0.25, 0.3) is 0 Å². The highest BCUT2D eigenvalue weighted by atomic mass is 35.5. The van der Waals surface area contributed by atoms with Gasteiger partial charge in [0.15, 0.2) is 5.22 Å². The molecule has 0 saturated carbocycles. The summed E-state index contributed by atoms with van der Waals surface area (Å²) in [5.41, 5.74) is 0. The minimum absolute atomic E-state index is 0.413.